The minimum Gasteiger partial charge on any atom is -0.378 e. The van der Waals surface area contributed by atoms with Crippen LogP contribution in [0.15, 0.2) is 24.3 Å². The summed E-state index contributed by atoms with van der Waals surface area (Å²) in [6.07, 6.45) is 3.02. The molecule has 9 heteroatoms. The minimum absolute atomic E-state index is 0.0495. The third-order valence-corrected chi connectivity index (χ3v) is 7.28. The Bertz CT molecular complexity index is 970. The molecule has 0 aliphatic carbocycles. The van der Waals surface area contributed by atoms with Gasteiger partial charge in [0.05, 0.1) is 12.6 Å². The molecule has 3 saturated heterocycles. The third kappa shape index (κ3) is 5.13. The van der Waals surface area contributed by atoms with Crippen LogP contribution in [0, 0.1) is 5.92 Å². The van der Waals surface area contributed by atoms with Crippen molar-refractivity contribution < 1.29 is 19.2 Å². The Balaban J connectivity index is 1.47. The van der Waals surface area contributed by atoms with Crippen LogP contribution in [-0.2, 0) is 9.59 Å². The molecule has 3 heterocycles. The number of hydrogen-bond acceptors (Lipinski definition) is 5. The smallest absolute Gasteiger partial charge is 0.320 e. The SMILES string of the molecule is CC(C)C[C@H](NC(=O)c1ccc(N(C)C)cc1)C(=O)N1CCC2[C@H]1C(=O)CN2C(=O)N1CCCC1. The summed E-state index contributed by atoms with van der Waals surface area (Å²) in [6, 6.07) is 5.49. The van der Waals surface area contributed by atoms with E-state index in [2.05, 4.69) is 5.32 Å². The summed E-state index contributed by atoms with van der Waals surface area (Å²) in [6.45, 7) is 5.91. The van der Waals surface area contributed by atoms with E-state index < -0.39 is 12.1 Å². The number of nitrogens with one attached hydrogen (secondary N) is 1. The molecule has 3 aliphatic heterocycles. The second-order valence-corrected chi connectivity index (χ2v) is 10.5. The molecule has 35 heavy (non-hydrogen) atoms. The standard InChI is InChI=1S/C26H37N5O4/c1-17(2)15-20(27-24(33)18-7-9-19(10-8-18)28(3)4)25(34)30-14-11-21-23(30)22(32)16-31(21)26(35)29-12-5-6-13-29/h7-10,17,20-21,23H,5-6,11-16H2,1-4H3,(H,27,33)/t20-,21?,23-/m0/s1. The lowest BCUT2D eigenvalue weighted by molar-refractivity contribution is -0.138. The Hall–Kier alpha value is -3.10. The van der Waals surface area contributed by atoms with Crippen molar-refractivity contribution in [3.05, 3.63) is 29.8 Å². The number of benzene rings is 1. The molecule has 190 valence electrons. The van der Waals surface area contributed by atoms with Gasteiger partial charge in [0, 0.05) is 45.0 Å². The van der Waals surface area contributed by atoms with Crippen LogP contribution in [0.2, 0.25) is 0 Å². The van der Waals surface area contributed by atoms with Gasteiger partial charge in [0.25, 0.3) is 5.91 Å². The van der Waals surface area contributed by atoms with Crippen LogP contribution in [0.25, 0.3) is 0 Å². The molecule has 3 aliphatic rings. The normalized spacial score (nSPS) is 22.5. The van der Waals surface area contributed by atoms with Crippen LogP contribution in [0.3, 0.4) is 0 Å². The molecular formula is C26H37N5O4. The lowest BCUT2D eigenvalue weighted by atomic mass is 10.0. The predicted molar refractivity (Wildman–Crippen MR) is 133 cm³/mol. The van der Waals surface area contributed by atoms with Gasteiger partial charge in [-0.2, -0.15) is 0 Å². The largest absolute Gasteiger partial charge is 0.378 e. The topological polar surface area (TPSA) is 93.3 Å². The van der Waals surface area contributed by atoms with Crippen molar-refractivity contribution in [2.45, 2.75) is 57.7 Å². The molecule has 0 aromatic heterocycles. The number of anilines is 1. The van der Waals surface area contributed by atoms with Crippen molar-refractivity contribution in [2.24, 2.45) is 5.92 Å². The average Bonchev–Trinajstić information content (AvgIpc) is 3.56. The molecule has 3 atom stereocenters. The third-order valence-electron chi connectivity index (χ3n) is 7.28. The van der Waals surface area contributed by atoms with Crippen LogP contribution in [0.4, 0.5) is 10.5 Å². The van der Waals surface area contributed by atoms with Crippen molar-refractivity contribution in [2.75, 3.05) is 45.2 Å². The average molecular weight is 484 g/mol. The molecule has 1 unspecified atom stereocenters. The van der Waals surface area contributed by atoms with E-state index in [9.17, 15) is 19.2 Å². The number of fused-ring (bicyclic) bond motifs is 1. The number of carbonyl (C=O) groups is 4. The van der Waals surface area contributed by atoms with E-state index in [-0.39, 0.29) is 42.1 Å². The molecule has 0 bridgehead atoms. The van der Waals surface area contributed by atoms with Crippen LogP contribution in [-0.4, -0.2) is 96.7 Å². The first-order chi connectivity index (χ1) is 16.7. The maximum Gasteiger partial charge on any atom is 0.320 e. The molecule has 3 fully saturated rings. The molecule has 0 spiro atoms. The van der Waals surface area contributed by atoms with E-state index in [1.54, 1.807) is 21.9 Å². The van der Waals surface area contributed by atoms with E-state index in [4.69, 9.17) is 0 Å². The van der Waals surface area contributed by atoms with Gasteiger partial charge in [-0.1, -0.05) is 13.8 Å². The second-order valence-electron chi connectivity index (χ2n) is 10.5. The van der Waals surface area contributed by atoms with E-state index in [0.29, 0.717) is 24.9 Å². The highest BCUT2D eigenvalue weighted by molar-refractivity contribution is 6.00. The second kappa shape index (κ2) is 10.3. The molecule has 0 saturated carbocycles. The van der Waals surface area contributed by atoms with E-state index in [0.717, 1.165) is 31.6 Å². The molecule has 9 nitrogen and oxygen atoms in total. The van der Waals surface area contributed by atoms with Gasteiger partial charge < -0.3 is 24.9 Å². The summed E-state index contributed by atoms with van der Waals surface area (Å²) in [5.41, 5.74) is 1.46. The zero-order valence-electron chi connectivity index (χ0n) is 21.2. The number of nitrogens with zero attached hydrogens (tertiary/aromatic N) is 4. The lowest BCUT2D eigenvalue weighted by Gasteiger charge is -2.30. The van der Waals surface area contributed by atoms with E-state index >= 15 is 0 Å². The monoisotopic (exact) mass is 483 g/mol. The number of carbonyl (C=O) groups excluding carboxylic acids is 4. The van der Waals surface area contributed by atoms with Gasteiger partial charge >= 0.3 is 6.03 Å². The summed E-state index contributed by atoms with van der Waals surface area (Å²) in [7, 11) is 3.86. The van der Waals surface area contributed by atoms with Gasteiger partial charge in [0.15, 0.2) is 5.78 Å². The molecule has 1 aromatic rings. The summed E-state index contributed by atoms with van der Waals surface area (Å²) in [5, 5.41) is 2.92. The lowest BCUT2D eigenvalue weighted by Crippen LogP contribution is -2.53. The first-order valence-corrected chi connectivity index (χ1v) is 12.6. The van der Waals surface area contributed by atoms with Crippen molar-refractivity contribution in [3.8, 4) is 0 Å². The number of Topliss-reactive ketones (excluding diaryl/α,β-unsaturated/α-hetero) is 1. The van der Waals surface area contributed by atoms with Crippen LogP contribution in [0.5, 0.6) is 0 Å². The predicted octanol–water partition coefficient (Wildman–Crippen LogP) is 1.97. The molecular weight excluding hydrogens is 446 g/mol. The Kier molecular flexibility index (Phi) is 7.33. The van der Waals surface area contributed by atoms with Crippen molar-refractivity contribution in [3.63, 3.8) is 0 Å². The maximum absolute atomic E-state index is 13.7. The first-order valence-electron chi connectivity index (χ1n) is 12.6. The Morgan fingerprint density at radius 2 is 1.69 bits per heavy atom. The summed E-state index contributed by atoms with van der Waals surface area (Å²) >= 11 is 0. The summed E-state index contributed by atoms with van der Waals surface area (Å²) < 4.78 is 0. The van der Waals surface area contributed by atoms with E-state index in [1.165, 1.54) is 0 Å². The number of urea groups is 1. The number of rotatable bonds is 6. The summed E-state index contributed by atoms with van der Waals surface area (Å²) in [5.74, 6) is -0.476. The molecule has 1 N–H and O–H groups in total. The Labute approximate surface area is 207 Å². The maximum atomic E-state index is 13.7. The molecule has 0 radical (unpaired) electrons. The van der Waals surface area contributed by atoms with Gasteiger partial charge in [-0.05, 0) is 55.9 Å². The number of amides is 4. The van der Waals surface area contributed by atoms with Gasteiger partial charge in [-0.25, -0.2) is 4.79 Å². The molecule has 4 amide bonds. The van der Waals surface area contributed by atoms with Crippen LogP contribution >= 0.6 is 0 Å². The van der Waals surface area contributed by atoms with Crippen molar-refractivity contribution >= 4 is 29.3 Å². The quantitative estimate of drug-likeness (QED) is 0.668. The number of hydrogen-bond donors (Lipinski definition) is 1. The van der Waals surface area contributed by atoms with E-state index in [1.807, 2.05) is 49.9 Å². The highest BCUT2D eigenvalue weighted by Gasteiger charge is 2.53. The van der Waals surface area contributed by atoms with Crippen molar-refractivity contribution in [1.29, 1.82) is 0 Å². The molecule has 4 rings (SSSR count). The van der Waals surface area contributed by atoms with Crippen LogP contribution < -0.4 is 10.2 Å². The zero-order valence-corrected chi connectivity index (χ0v) is 21.2. The fourth-order valence-corrected chi connectivity index (χ4v) is 5.46. The minimum atomic E-state index is -0.731. The summed E-state index contributed by atoms with van der Waals surface area (Å²) in [4.78, 5) is 59.6. The van der Waals surface area contributed by atoms with Gasteiger partial charge in [0.2, 0.25) is 5.91 Å². The number of ketones is 1. The highest BCUT2D eigenvalue weighted by Crippen LogP contribution is 2.32. The van der Waals surface area contributed by atoms with Gasteiger partial charge in [-0.3, -0.25) is 14.4 Å². The van der Waals surface area contributed by atoms with Crippen LogP contribution in [0.1, 0.15) is 49.9 Å². The Morgan fingerprint density at radius 3 is 2.29 bits per heavy atom. The fraction of sp³-hybridized carbons (Fsp3) is 0.615. The fourth-order valence-electron chi connectivity index (χ4n) is 5.46. The van der Waals surface area contributed by atoms with Gasteiger partial charge in [0.1, 0.15) is 12.1 Å². The highest BCUT2D eigenvalue weighted by atomic mass is 16.2. The zero-order chi connectivity index (χ0) is 25.3. The Morgan fingerprint density at radius 1 is 1.03 bits per heavy atom. The van der Waals surface area contributed by atoms with Crippen molar-refractivity contribution in [1.82, 2.24) is 20.0 Å². The number of likely N-dealkylation sites (tertiary alicyclic amines) is 3. The van der Waals surface area contributed by atoms with Gasteiger partial charge in [-0.15, -0.1) is 0 Å². The molecule has 1 aromatic carbocycles. The first kappa shape index (κ1) is 25.0.